The largest absolute Gasteiger partial charge is 0.347 e. The zero-order valence-electron chi connectivity index (χ0n) is 9.80. The molecule has 3 nitrogen and oxygen atoms in total. The normalized spacial score (nSPS) is 12.8. The smallest absolute Gasteiger partial charge is 0.261 e. The van der Waals surface area contributed by atoms with Crippen LogP contribution in [0.2, 0.25) is 0 Å². The minimum absolute atomic E-state index is 0.0437. The topological polar surface area (TPSA) is 55.1 Å². The summed E-state index contributed by atoms with van der Waals surface area (Å²) in [5.41, 5.74) is 5.65. The summed E-state index contributed by atoms with van der Waals surface area (Å²) in [6.45, 7) is 4.71. The van der Waals surface area contributed by atoms with Crippen molar-refractivity contribution < 1.29 is 4.79 Å². The lowest BCUT2D eigenvalue weighted by atomic mass is 10.0. The Kier molecular flexibility index (Phi) is 6.12. The van der Waals surface area contributed by atoms with E-state index in [4.69, 9.17) is 5.73 Å². The molecular formula is C11H16Br2N2OS. The highest BCUT2D eigenvalue weighted by Crippen LogP contribution is 2.32. The number of carbonyl (C=O) groups is 1. The maximum atomic E-state index is 12.0. The number of nitrogens with one attached hydrogen (secondary N) is 1. The summed E-state index contributed by atoms with van der Waals surface area (Å²) in [5, 5.41) is 2.96. The van der Waals surface area contributed by atoms with Gasteiger partial charge in [-0.3, -0.25) is 4.79 Å². The van der Waals surface area contributed by atoms with Gasteiger partial charge in [0.1, 0.15) is 0 Å². The van der Waals surface area contributed by atoms with Crippen molar-refractivity contribution in [1.29, 1.82) is 0 Å². The fraction of sp³-hybridized carbons (Fsp3) is 0.545. The van der Waals surface area contributed by atoms with Crippen LogP contribution in [-0.2, 0) is 0 Å². The first kappa shape index (κ1) is 15.1. The van der Waals surface area contributed by atoms with E-state index in [0.717, 1.165) is 14.7 Å². The molecule has 0 aromatic carbocycles. The summed E-state index contributed by atoms with van der Waals surface area (Å²) < 4.78 is 1.83. The Labute approximate surface area is 122 Å². The number of rotatable bonds is 5. The number of halogens is 2. The third-order valence-electron chi connectivity index (χ3n) is 2.24. The lowest BCUT2D eigenvalue weighted by Crippen LogP contribution is -2.40. The number of nitrogens with two attached hydrogens (primary N) is 1. The molecule has 17 heavy (non-hydrogen) atoms. The average molecular weight is 384 g/mol. The van der Waals surface area contributed by atoms with E-state index in [1.54, 1.807) is 0 Å². The zero-order valence-corrected chi connectivity index (χ0v) is 13.8. The van der Waals surface area contributed by atoms with Crippen LogP contribution >= 0.6 is 43.2 Å². The summed E-state index contributed by atoms with van der Waals surface area (Å²) >= 11 is 8.15. The molecule has 1 aromatic heterocycles. The van der Waals surface area contributed by atoms with Gasteiger partial charge >= 0.3 is 0 Å². The Balaban J connectivity index is 2.64. The van der Waals surface area contributed by atoms with E-state index < -0.39 is 0 Å². The molecule has 0 saturated heterocycles. The van der Waals surface area contributed by atoms with Gasteiger partial charge in [0.05, 0.1) is 8.66 Å². The molecule has 96 valence electrons. The minimum atomic E-state index is -0.0579. The zero-order chi connectivity index (χ0) is 13.0. The number of hydrogen-bond donors (Lipinski definition) is 2. The molecule has 0 aliphatic heterocycles. The van der Waals surface area contributed by atoms with Gasteiger partial charge in [0.15, 0.2) is 0 Å². The highest BCUT2D eigenvalue weighted by Gasteiger charge is 2.16. The average Bonchev–Trinajstić information content (AvgIpc) is 2.57. The number of amides is 1. The van der Waals surface area contributed by atoms with Crippen LogP contribution in [0.3, 0.4) is 0 Å². The van der Waals surface area contributed by atoms with Gasteiger partial charge in [0, 0.05) is 17.1 Å². The van der Waals surface area contributed by atoms with Crippen LogP contribution < -0.4 is 11.1 Å². The van der Waals surface area contributed by atoms with Gasteiger partial charge in [-0.1, -0.05) is 13.8 Å². The van der Waals surface area contributed by atoms with Crippen molar-refractivity contribution >= 4 is 49.1 Å². The first-order chi connectivity index (χ1) is 7.93. The molecule has 6 heteroatoms. The predicted octanol–water partition coefficient (Wildman–Crippen LogP) is 3.38. The first-order valence-corrected chi connectivity index (χ1v) is 7.80. The third-order valence-corrected chi connectivity index (χ3v) is 5.50. The fourth-order valence-electron chi connectivity index (χ4n) is 1.50. The summed E-state index contributed by atoms with van der Waals surface area (Å²) in [5.74, 6) is 0.461. The maximum Gasteiger partial charge on any atom is 0.261 e. The molecule has 1 aromatic rings. The third kappa shape index (κ3) is 4.69. The highest BCUT2D eigenvalue weighted by atomic mass is 79.9. The predicted molar refractivity (Wildman–Crippen MR) is 79.5 cm³/mol. The van der Waals surface area contributed by atoms with E-state index in [0.29, 0.717) is 17.3 Å². The number of thiophene rings is 1. The molecule has 1 unspecified atom stereocenters. The molecule has 1 amide bonds. The lowest BCUT2D eigenvalue weighted by Gasteiger charge is -2.18. The molecule has 1 atom stereocenters. The second kappa shape index (κ2) is 6.87. The molecule has 0 bridgehead atoms. The van der Waals surface area contributed by atoms with Crippen LogP contribution in [-0.4, -0.2) is 18.5 Å². The Bertz CT molecular complexity index is 373. The van der Waals surface area contributed by atoms with Crippen molar-refractivity contribution in [3.8, 4) is 0 Å². The Morgan fingerprint density at radius 2 is 2.18 bits per heavy atom. The van der Waals surface area contributed by atoms with Gasteiger partial charge < -0.3 is 11.1 Å². The fourth-order valence-corrected chi connectivity index (χ4v) is 3.44. The van der Waals surface area contributed by atoms with Crippen LogP contribution in [0.4, 0.5) is 0 Å². The maximum absolute atomic E-state index is 12.0. The van der Waals surface area contributed by atoms with E-state index in [-0.39, 0.29) is 11.9 Å². The summed E-state index contributed by atoms with van der Waals surface area (Å²) in [6.07, 6.45) is 0.899. The van der Waals surface area contributed by atoms with Crippen molar-refractivity contribution in [3.05, 3.63) is 19.2 Å². The molecule has 1 rings (SSSR count). The van der Waals surface area contributed by atoms with Crippen LogP contribution in [0.5, 0.6) is 0 Å². The van der Waals surface area contributed by atoms with E-state index in [1.165, 1.54) is 11.3 Å². The van der Waals surface area contributed by atoms with Crippen LogP contribution in [0.1, 0.15) is 29.9 Å². The minimum Gasteiger partial charge on any atom is -0.347 e. The van der Waals surface area contributed by atoms with Gasteiger partial charge in [-0.2, -0.15) is 0 Å². The molecule has 0 saturated carbocycles. The van der Waals surface area contributed by atoms with E-state index in [2.05, 4.69) is 51.0 Å². The summed E-state index contributed by atoms with van der Waals surface area (Å²) in [4.78, 5) is 12.6. The van der Waals surface area contributed by atoms with Gasteiger partial charge in [-0.15, -0.1) is 11.3 Å². The standard InChI is InChI=1S/C11H16Br2N2OS/c1-6(2)3-7(5-14)15-11(16)9-4-8(12)10(13)17-9/h4,6-7H,3,5,14H2,1-2H3,(H,15,16). The molecule has 0 spiro atoms. The second-order valence-corrected chi connectivity index (χ2v) is 7.49. The van der Waals surface area contributed by atoms with Crippen molar-refractivity contribution in [3.63, 3.8) is 0 Å². The lowest BCUT2D eigenvalue weighted by molar-refractivity contribution is 0.0938. The van der Waals surface area contributed by atoms with Crippen molar-refractivity contribution in [2.24, 2.45) is 11.7 Å². The molecular weight excluding hydrogens is 368 g/mol. The summed E-state index contributed by atoms with van der Waals surface area (Å²) in [6, 6.07) is 1.86. The van der Waals surface area contributed by atoms with Crippen molar-refractivity contribution in [2.45, 2.75) is 26.3 Å². The Hall–Kier alpha value is 0.0900. The van der Waals surface area contributed by atoms with Crippen molar-refractivity contribution in [1.82, 2.24) is 5.32 Å². The Morgan fingerprint density at radius 3 is 2.59 bits per heavy atom. The van der Waals surface area contributed by atoms with Crippen LogP contribution in [0, 0.1) is 5.92 Å². The molecule has 3 N–H and O–H groups in total. The molecule has 0 radical (unpaired) electrons. The van der Waals surface area contributed by atoms with E-state index in [9.17, 15) is 4.79 Å². The summed E-state index contributed by atoms with van der Waals surface area (Å²) in [7, 11) is 0. The van der Waals surface area contributed by atoms with Crippen molar-refractivity contribution in [2.75, 3.05) is 6.54 Å². The quantitative estimate of drug-likeness (QED) is 0.818. The monoisotopic (exact) mass is 382 g/mol. The molecule has 0 fully saturated rings. The van der Waals surface area contributed by atoms with Crippen LogP contribution in [0.25, 0.3) is 0 Å². The van der Waals surface area contributed by atoms with Gasteiger partial charge in [-0.25, -0.2) is 0 Å². The van der Waals surface area contributed by atoms with Crippen LogP contribution in [0.15, 0.2) is 14.3 Å². The Morgan fingerprint density at radius 1 is 1.53 bits per heavy atom. The molecule has 0 aliphatic carbocycles. The highest BCUT2D eigenvalue weighted by molar-refractivity contribution is 9.13. The molecule has 0 aliphatic rings. The number of carbonyl (C=O) groups excluding carboxylic acids is 1. The van der Waals surface area contributed by atoms with E-state index in [1.807, 2.05) is 6.07 Å². The second-order valence-electron chi connectivity index (χ2n) is 4.27. The van der Waals surface area contributed by atoms with Gasteiger partial charge in [0.25, 0.3) is 5.91 Å². The molecule has 1 heterocycles. The SMILES string of the molecule is CC(C)CC(CN)NC(=O)c1cc(Br)c(Br)s1. The number of hydrogen-bond acceptors (Lipinski definition) is 3. The van der Waals surface area contributed by atoms with Gasteiger partial charge in [0.2, 0.25) is 0 Å². The van der Waals surface area contributed by atoms with Gasteiger partial charge in [-0.05, 0) is 50.3 Å². The van der Waals surface area contributed by atoms with E-state index >= 15 is 0 Å². The first-order valence-electron chi connectivity index (χ1n) is 5.39.